The molecular weight excluding hydrogens is 230 g/mol. The fourth-order valence-corrected chi connectivity index (χ4v) is 2.20. The summed E-state index contributed by atoms with van der Waals surface area (Å²) in [5.41, 5.74) is 1.70. The first kappa shape index (κ1) is 12.7. The van der Waals surface area contributed by atoms with Crippen LogP contribution in [0.4, 0.5) is 16.2 Å². The van der Waals surface area contributed by atoms with Gasteiger partial charge in [0.1, 0.15) is 0 Å². The van der Waals surface area contributed by atoms with Gasteiger partial charge in [-0.2, -0.15) is 0 Å². The molecule has 1 heterocycles. The zero-order valence-corrected chi connectivity index (χ0v) is 10.8. The summed E-state index contributed by atoms with van der Waals surface area (Å²) in [5.74, 6) is 0. The van der Waals surface area contributed by atoms with E-state index in [-0.39, 0.29) is 0 Å². The number of carboxylic acid groups (broad SMARTS) is 1. The smallest absolute Gasteiger partial charge is 0.426 e. The topological polar surface area (TPSA) is 47.0 Å². The summed E-state index contributed by atoms with van der Waals surface area (Å²) in [6.45, 7) is 1.61. The van der Waals surface area contributed by atoms with Gasteiger partial charge < -0.3 is 10.0 Å². The summed E-state index contributed by atoms with van der Waals surface area (Å²) in [6, 6.07) is 7.58. The Morgan fingerprint density at radius 1 is 1.22 bits per heavy atom. The van der Waals surface area contributed by atoms with Crippen molar-refractivity contribution in [3.05, 3.63) is 24.3 Å². The molecule has 0 atom stereocenters. The third-order valence-electron chi connectivity index (χ3n) is 3.14. The van der Waals surface area contributed by atoms with Crippen molar-refractivity contribution in [2.75, 3.05) is 37.1 Å². The van der Waals surface area contributed by atoms with Crippen molar-refractivity contribution in [3.63, 3.8) is 0 Å². The van der Waals surface area contributed by atoms with E-state index >= 15 is 0 Å². The van der Waals surface area contributed by atoms with Gasteiger partial charge >= 0.3 is 6.09 Å². The van der Waals surface area contributed by atoms with Gasteiger partial charge in [0, 0.05) is 32.9 Å². The second-order valence-corrected chi connectivity index (χ2v) is 4.67. The molecule has 1 aromatic rings. The van der Waals surface area contributed by atoms with Crippen LogP contribution in [0.1, 0.15) is 12.8 Å². The van der Waals surface area contributed by atoms with Gasteiger partial charge in [-0.25, -0.2) is 14.8 Å². The van der Waals surface area contributed by atoms with Crippen LogP contribution in [-0.2, 0) is 0 Å². The maximum absolute atomic E-state index is 11.4. The molecule has 1 aliphatic heterocycles. The molecule has 2 rings (SSSR count). The van der Waals surface area contributed by atoms with Gasteiger partial charge in [0.2, 0.25) is 0 Å². The van der Waals surface area contributed by atoms with E-state index in [1.165, 1.54) is 5.01 Å². The highest BCUT2D eigenvalue weighted by atomic mass is 16.4. The molecule has 0 aromatic heterocycles. The van der Waals surface area contributed by atoms with E-state index in [0.717, 1.165) is 31.6 Å². The third-order valence-corrected chi connectivity index (χ3v) is 3.14. The molecule has 1 N–H and O–H groups in total. The van der Waals surface area contributed by atoms with E-state index in [4.69, 9.17) is 0 Å². The number of benzene rings is 1. The van der Waals surface area contributed by atoms with Crippen molar-refractivity contribution < 1.29 is 9.90 Å². The molecule has 1 saturated heterocycles. The highest BCUT2D eigenvalue weighted by Crippen LogP contribution is 2.24. The first-order valence-corrected chi connectivity index (χ1v) is 6.15. The number of hydrazine groups is 1. The van der Waals surface area contributed by atoms with Crippen LogP contribution in [0.15, 0.2) is 24.3 Å². The van der Waals surface area contributed by atoms with Crippen molar-refractivity contribution in [2.24, 2.45) is 0 Å². The molecule has 5 heteroatoms. The number of carbonyl (C=O) groups is 1. The van der Waals surface area contributed by atoms with E-state index < -0.39 is 6.09 Å². The van der Waals surface area contributed by atoms with Crippen molar-refractivity contribution in [1.82, 2.24) is 5.01 Å². The Morgan fingerprint density at radius 2 is 1.83 bits per heavy atom. The first-order valence-electron chi connectivity index (χ1n) is 6.15. The minimum absolute atomic E-state index is 0.704. The summed E-state index contributed by atoms with van der Waals surface area (Å²) in [6.07, 6.45) is 1.18. The summed E-state index contributed by atoms with van der Waals surface area (Å²) >= 11 is 0. The predicted octanol–water partition coefficient (Wildman–Crippen LogP) is 2.25. The summed E-state index contributed by atoms with van der Waals surface area (Å²) in [7, 11) is 3.89. The fraction of sp³-hybridized carbons (Fsp3) is 0.462. The first-order chi connectivity index (χ1) is 8.59. The lowest BCUT2D eigenvalue weighted by Gasteiger charge is -2.29. The Kier molecular flexibility index (Phi) is 3.72. The molecule has 0 radical (unpaired) electrons. The average molecular weight is 249 g/mol. The summed E-state index contributed by atoms with van der Waals surface area (Å²) in [5, 5.41) is 12.6. The second-order valence-electron chi connectivity index (χ2n) is 4.67. The maximum Gasteiger partial charge on any atom is 0.426 e. The third kappa shape index (κ3) is 2.56. The molecule has 1 aromatic carbocycles. The van der Waals surface area contributed by atoms with Gasteiger partial charge in [-0.3, -0.25) is 0 Å². The Balaban J connectivity index is 2.30. The van der Waals surface area contributed by atoms with Crippen LogP contribution in [-0.4, -0.2) is 43.4 Å². The van der Waals surface area contributed by atoms with Gasteiger partial charge in [-0.05, 0) is 31.0 Å². The number of amides is 1. The molecular formula is C13H19N3O2. The number of anilines is 2. The zero-order chi connectivity index (χ0) is 13.1. The lowest BCUT2D eigenvalue weighted by atomic mass is 10.2. The van der Waals surface area contributed by atoms with E-state index in [1.807, 2.05) is 48.3 Å². The largest absolute Gasteiger partial charge is 0.464 e. The van der Waals surface area contributed by atoms with Crippen LogP contribution in [0.2, 0.25) is 0 Å². The molecule has 0 aliphatic carbocycles. The minimum Gasteiger partial charge on any atom is -0.464 e. The van der Waals surface area contributed by atoms with Crippen molar-refractivity contribution in [2.45, 2.75) is 12.8 Å². The van der Waals surface area contributed by atoms with E-state index in [2.05, 4.69) is 0 Å². The van der Waals surface area contributed by atoms with Crippen molar-refractivity contribution in [3.8, 4) is 0 Å². The van der Waals surface area contributed by atoms with Gasteiger partial charge in [0.15, 0.2) is 0 Å². The lowest BCUT2D eigenvalue weighted by molar-refractivity contribution is 0.178. The maximum atomic E-state index is 11.4. The average Bonchev–Trinajstić information content (AvgIpc) is 2.82. The molecule has 5 nitrogen and oxygen atoms in total. The second kappa shape index (κ2) is 5.27. The van der Waals surface area contributed by atoms with Gasteiger partial charge in [-0.15, -0.1) is 0 Å². The molecule has 1 aliphatic rings. The Bertz CT molecular complexity index is 428. The van der Waals surface area contributed by atoms with E-state index in [9.17, 15) is 9.90 Å². The quantitative estimate of drug-likeness (QED) is 0.892. The van der Waals surface area contributed by atoms with Crippen LogP contribution < -0.4 is 9.91 Å². The van der Waals surface area contributed by atoms with Gasteiger partial charge in [0.25, 0.3) is 0 Å². The highest BCUT2D eigenvalue weighted by molar-refractivity contribution is 5.85. The number of hydrogen-bond donors (Lipinski definition) is 1. The Hall–Kier alpha value is -1.75. The highest BCUT2D eigenvalue weighted by Gasteiger charge is 2.25. The van der Waals surface area contributed by atoms with Gasteiger partial charge in [-0.1, -0.05) is 6.07 Å². The molecule has 1 amide bonds. The lowest BCUT2D eigenvalue weighted by Crippen LogP contribution is -2.44. The minimum atomic E-state index is -0.923. The number of nitrogens with zero attached hydrogens (tertiary/aromatic N) is 3. The summed E-state index contributed by atoms with van der Waals surface area (Å²) in [4.78, 5) is 13.4. The van der Waals surface area contributed by atoms with Crippen LogP contribution in [0, 0.1) is 0 Å². The van der Waals surface area contributed by atoms with E-state index in [1.54, 1.807) is 0 Å². The molecule has 0 spiro atoms. The van der Waals surface area contributed by atoms with Crippen molar-refractivity contribution >= 4 is 17.5 Å². The standard InChI is InChI=1S/C13H19N3O2/c1-14(2)11-6-5-7-12(10-11)16(13(17)18)15-8-3-4-9-15/h5-7,10H,3-4,8-9H2,1-2H3,(H,17,18). The van der Waals surface area contributed by atoms with Crippen LogP contribution in [0.5, 0.6) is 0 Å². The van der Waals surface area contributed by atoms with Crippen LogP contribution in [0.25, 0.3) is 0 Å². The Labute approximate surface area is 107 Å². The van der Waals surface area contributed by atoms with Gasteiger partial charge in [0.05, 0.1) is 5.69 Å². The molecule has 18 heavy (non-hydrogen) atoms. The predicted molar refractivity (Wildman–Crippen MR) is 72.1 cm³/mol. The zero-order valence-electron chi connectivity index (χ0n) is 10.8. The molecule has 0 saturated carbocycles. The molecule has 98 valence electrons. The van der Waals surface area contributed by atoms with Crippen LogP contribution in [0.3, 0.4) is 0 Å². The van der Waals surface area contributed by atoms with Crippen LogP contribution >= 0.6 is 0 Å². The van der Waals surface area contributed by atoms with E-state index in [0.29, 0.717) is 5.69 Å². The molecule has 0 unspecified atom stereocenters. The SMILES string of the molecule is CN(C)c1cccc(N(C(=O)O)N2CCCC2)c1. The number of hydrogen-bond acceptors (Lipinski definition) is 3. The Morgan fingerprint density at radius 3 is 2.39 bits per heavy atom. The molecule has 1 fully saturated rings. The number of rotatable bonds is 3. The molecule has 0 bridgehead atoms. The normalized spacial score (nSPS) is 15.7. The van der Waals surface area contributed by atoms with Crippen molar-refractivity contribution in [1.29, 1.82) is 0 Å². The summed E-state index contributed by atoms with van der Waals surface area (Å²) < 4.78 is 0. The fourth-order valence-electron chi connectivity index (χ4n) is 2.20. The monoisotopic (exact) mass is 249 g/mol.